The molecule has 4 nitrogen and oxygen atoms in total. The van der Waals surface area contributed by atoms with E-state index < -0.39 is 5.97 Å². The molecule has 110 valence electrons. The molecule has 0 aliphatic heterocycles. The summed E-state index contributed by atoms with van der Waals surface area (Å²) in [7, 11) is 0. The van der Waals surface area contributed by atoms with Gasteiger partial charge in [0.2, 0.25) is 0 Å². The summed E-state index contributed by atoms with van der Waals surface area (Å²) in [4.78, 5) is 11.1. The highest BCUT2D eigenvalue weighted by Gasteiger charge is 2.11. The van der Waals surface area contributed by atoms with Crippen molar-refractivity contribution in [1.29, 1.82) is 0 Å². The van der Waals surface area contributed by atoms with Crippen LogP contribution in [0.25, 0.3) is 0 Å². The Morgan fingerprint density at radius 1 is 1.10 bits per heavy atom. The Morgan fingerprint density at radius 2 is 1.76 bits per heavy atom. The second kappa shape index (κ2) is 6.99. The average Bonchev–Trinajstić information content (AvgIpc) is 2.46. The zero-order chi connectivity index (χ0) is 15.2. The molecule has 21 heavy (non-hydrogen) atoms. The largest absolute Gasteiger partial charge is 0.490 e. The van der Waals surface area contributed by atoms with Gasteiger partial charge in [0.25, 0.3) is 0 Å². The predicted octanol–water partition coefficient (Wildman–Crippen LogP) is 3.80. The van der Waals surface area contributed by atoms with Crippen LogP contribution in [0.4, 0.5) is 0 Å². The fourth-order valence-corrected chi connectivity index (χ4v) is 1.99. The lowest BCUT2D eigenvalue weighted by Gasteiger charge is -2.11. The molecule has 2 rings (SSSR count). The van der Waals surface area contributed by atoms with Crippen molar-refractivity contribution in [2.45, 2.75) is 6.92 Å². The molecule has 0 aliphatic rings. The molecular weight excluding hydrogens is 292 g/mol. The maximum absolute atomic E-state index is 11.1. The first kappa shape index (κ1) is 15.2. The lowest BCUT2D eigenvalue weighted by molar-refractivity contribution is 0.0691. The van der Waals surface area contributed by atoms with Crippen molar-refractivity contribution in [3.8, 4) is 11.5 Å². The molecule has 0 fully saturated rings. The van der Waals surface area contributed by atoms with Crippen LogP contribution in [0.1, 0.15) is 15.9 Å². The van der Waals surface area contributed by atoms with Crippen molar-refractivity contribution in [3.63, 3.8) is 0 Å². The van der Waals surface area contributed by atoms with Gasteiger partial charge < -0.3 is 14.6 Å². The van der Waals surface area contributed by atoms with E-state index in [1.807, 2.05) is 31.2 Å². The fraction of sp³-hybridized carbons (Fsp3) is 0.188. The molecule has 0 saturated heterocycles. The molecule has 0 atom stereocenters. The topological polar surface area (TPSA) is 55.8 Å². The van der Waals surface area contributed by atoms with Gasteiger partial charge in [-0.15, -0.1) is 0 Å². The third-order valence-electron chi connectivity index (χ3n) is 2.86. The van der Waals surface area contributed by atoms with E-state index in [1.54, 1.807) is 12.1 Å². The smallest absolute Gasteiger partial charge is 0.339 e. The van der Waals surface area contributed by atoms with Crippen LogP contribution >= 0.6 is 11.6 Å². The van der Waals surface area contributed by atoms with Crippen molar-refractivity contribution in [2.75, 3.05) is 13.2 Å². The van der Waals surface area contributed by atoms with E-state index in [2.05, 4.69) is 0 Å². The van der Waals surface area contributed by atoms with E-state index in [0.29, 0.717) is 11.6 Å². The van der Waals surface area contributed by atoms with E-state index >= 15 is 0 Å². The molecule has 0 unspecified atom stereocenters. The van der Waals surface area contributed by atoms with Crippen LogP contribution in [0.15, 0.2) is 42.5 Å². The van der Waals surface area contributed by atoms with Crippen molar-refractivity contribution >= 4 is 17.6 Å². The third kappa shape index (κ3) is 4.13. The monoisotopic (exact) mass is 306 g/mol. The molecule has 2 aromatic carbocycles. The van der Waals surface area contributed by atoms with Gasteiger partial charge in [0.05, 0.1) is 0 Å². The summed E-state index contributed by atoms with van der Waals surface area (Å²) in [5, 5.41) is 9.45. The SMILES string of the molecule is Cc1ccccc1OCCOc1ccc(Cl)cc1C(=O)O. The van der Waals surface area contributed by atoms with Crippen LogP contribution in [0.3, 0.4) is 0 Å². The third-order valence-corrected chi connectivity index (χ3v) is 3.10. The molecule has 0 aliphatic carbocycles. The standard InChI is InChI=1S/C16H15ClO4/c1-11-4-2-3-5-14(11)20-8-9-21-15-7-6-12(17)10-13(15)16(18)19/h2-7,10H,8-9H2,1H3,(H,18,19). The normalized spacial score (nSPS) is 10.2. The number of benzene rings is 2. The zero-order valence-electron chi connectivity index (χ0n) is 11.5. The minimum Gasteiger partial charge on any atom is -0.490 e. The van der Waals surface area contributed by atoms with Crippen LogP contribution in [-0.4, -0.2) is 24.3 Å². The number of hydrogen-bond donors (Lipinski definition) is 1. The number of para-hydroxylation sites is 1. The maximum Gasteiger partial charge on any atom is 0.339 e. The minimum atomic E-state index is -1.08. The lowest BCUT2D eigenvalue weighted by Crippen LogP contribution is -2.11. The number of halogens is 1. The van der Waals surface area contributed by atoms with Gasteiger partial charge in [-0.1, -0.05) is 29.8 Å². The van der Waals surface area contributed by atoms with Crippen LogP contribution in [0, 0.1) is 6.92 Å². The highest BCUT2D eigenvalue weighted by Crippen LogP contribution is 2.23. The van der Waals surface area contributed by atoms with Crippen molar-refractivity contribution in [1.82, 2.24) is 0 Å². The number of aryl methyl sites for hydroxylation is 1. The van der Waals surface area contributed by atoms with Gasteiger partial charge in [0.1, 0.15) is 30.3 Å². The summed E-state index contributed by atoms with van der Waals surface area (Å²) < 4.78 is 11.0. The summed E-state index contributed by atoms with van der Waals surface area (Å²) in [6, 6.07) is 12.2. The van der Waals surface area contributed by atoms with Gasteiger partial charge >= 0.3 is 5.97 Å². The first-order chi connectivity index (χ1) is 10.1. The van der Waals surface area contributed by atoms with Crippen molar-refractivity contribution in [2.24, 2.45) is 0 Å². The van der Waals surface area contributed by atoms with Gasteiger partial charge in [-0.3, -0.25) is 0 Å². The number of hydrogen-bond acceptors (Lipinski definition) is 3. The van der Waals surface area contributed by atoms with Crippen molar-refractivity contribution in [3.05, 3.63) is 58.6 Å². The van der Waals surface area contributed by atoms with E-state index in [1.165, 1.54) is 6.07 Å². The second-order valence-corrected chi connectivity index (χ2v) is 4.84. The highest BCUT2D eigenvalue weighted by atomic mass is 35.5. The molecule has 0 amide bonds. The predicted molar refractivity (Wildman–Crippen MR) is 80.6 cm³/mol. The van der Waals surface area contributed by atoms with Crippen LogP contribution < -0.4 is 9.47 Å². The summed E-state index contributed by atoms with van der Waals surface area (Å²) in [6.45, 7) is 2.53. The number of carboxylic acids is 1. The Labute approximate surface area is 127 Å². The van der Waals surface area contributed by atoms with Gasteiger partial charge in [0, 0.05) is 5.02 Å². The van der Waals surface area contributed by atoms with E-state index in [0.717, 1.165) is 11.3 Å². The molecule has 0 heterocycles. The Morgan fingerprint density at radius 3 is 2.43 bits per heavy atom. The molecule has 0 aromatic heterocycles. The summed E-state index contributed by atoms with van der Waals surface area (Å²) in [6.07, 6.45) is 0. The highest BCUT2D eigenvalue weighted by molar-refractivity contribution is 6.31. The molecule has 0 bridgehead atoms. The summed E-state index contributed by atoms with van der Waals surface area (Å²) >= 11 is 5.78. The molecule has 2 aromatic rings. The van der Waals surface area contributed by atoms with Gasteiger partial charge in [-0.25, -0.2) is 4.79 Å². The first-order valence-electron chi connectivity index (χ1n) is 6.42. The molecule has 5 heteroatoms. The first-order valence-corrected chi connectivity index (χ1v) is 6.80. The summed E-state index contributed by atoms with van der Waals surface area (Å²) in [5.41, 5.74) is 1.08. The lowest BCUT2D eigenvalue weighted by atomic mass is 10.2. The van der Waals surface area contributed by atoms with Gasteiger partial charge in [-0.2, -0.15) is 0 Å². The molecule has 1 N–H and O–H groups in total. The van der Waals surface area contributed by atoms with Crippen molar-refractivity contribution < 1.29 is 19.4 Å². The number of rotatable bonds is 6. The Bertz CT molecular complexity index is 640. The molecule has 0 spiro atoms. The Kier molecular flexibility index (Phi) is 5.06. The summed E-state index contributed by atoms with van der Waals surface area (Å²) in [5.74, 6) is -0.0109. The van der Waals surface area contributed by atoms with Crippen LogP contribution in [0.2, 0.25) is 5.02 Å². The number of carboxylic acid groups (broad SMARTS) is 1. The minimum absolute atomic E-state index is 0.0402. The molecular formula is C16H15ClO4. The molecule has 0 radical (unpaired) electrons. The van der Waals surface area contributed by atoms with Crippen LogP contribution in [0.5, 0.6) is 11.5 Å². The van der Waals surface area contributed by atoms with Crippen LogP contribution in [-0.2, 0) is 0 Å². The number of carbonyl (C=O) groups is 1. The van der Waals surface area contributed by atoms with E-state index in [4.69, 9.17) is 26.2 Å². The quantitative estimate of drug-likeness (QED) is 0.825. The van der Waals surface area contributed by atoms with E-state index in [-0.39, 0.29) is 17.9 Å². The maximum atomic E-state index is 11.1. The Hall–Kier alpha value is -2.20. The molecule has 0 saturated carbocycles. The number of aromatic carboxylic acids is 1. The number of ether oxygens (including phenoxy) is 2. The second-order valence-electron chi connectivity index (χ2n) is 4.41. The van der Waals surface area contributed by atoms with Gasteiger partial charge in [0.15, 0.2) is 0 Å². The Balaban J connectivity index is 1.92. The fourth-order valence-electron chi connectivity index (χ4n) is 1.82. The average molecular weight is 307 g/mol. The van der Waals surface area contributed by atoms with Gasteiger partial charge in [-0.05, 0) is 36.8 Å². The zero-order valence-corrected chi connectivity index (χ0v) is 12.3. The van der Waals surface area contributed by atoms with E-state index in [9.17, 15) is 4.79 Å².